The molecule has 0 amide bonds. The Balaban J connectivity index is 2.53. The fraction of sp³-hybridized carbons (Fsp3) is 0.545. The van der Waals surface area contributed by atoms with Gasteiger partial charge in [-0.15, -0.1) is 0 Å². The zero-order valence-corrected chi connectivity index (χ0v) is 10.4. The largest absolute Gasteiger partial charge is 0.350 e. The summed E-state index contributed by atoms with van der Waals surface area (Å²) in [5, 5.41) is 10.8. The van der Waals surface area contributed by atoms with Gasteiger partial charge in [-0.1, -0.05) is 0 Å². The number of carbonyl (C=O) groups excluding carboxylic acids is 1. The summed E-state index contributed by atoms with van der Waals surface area (Å²) in [6, 6.07) is 0. The van der Waals surface area contributed by atoms with Crippen LogP contribution in [0.25, 0.3) is 0 Å². The van der Waals surface area contributed by atoms with E-state index in [0.717, 1.165) is 23.6 Å². The van der Waals surface area contributed by atoms with Crippen molar-refractivity contribution in [2.75, 3.05) is 0 Å². The highest BCUT2D eigenvalue weighted by atomic mass is 16.6. The first-order valence-corrected chi connectivity index (χ1v) is 5.97. The van der Waals surface area contributed by atoms with Crippen molar-refractivity contribution in [1.29, 1.82) is 0 Å². The maximum Gasteiger partial charge on any atom is 0.350 e. The first-order valence-electron chi connectivity index (χ1n) is 5.97. The van der Waals surface area contributed by atoms with Crippen molar-refractivity contribution >= 4 is 11.5 Å². The van der Waals surface area contributed by atoms with Gasteiger partial charge in [0.1, 0.15) is 0 Å². The van der Waals surface area contributed by atoms with E-state index in [4.69, 9.17) is 0 Å². The van der Waals surface area contributed by atoms with Crippen LogP contribution in [0.15, 0.2) is 15.8 Å². The lowest BCUT2D eigenvalue weighted by Gasteiger charge is -2.07. The minimum atomic E-state index is -1.02. The van der Waals surface area contributed by atoms with Crippen molar-refractivity contribution in [1.82, 2.24) is 9.13 Å². The number of aromatic nitrogens is 2. The van der Waals surface area contributed by atoms with Crippen LogP contribution in [0, 0.1) is 16.0 Å². The van der Waals surface area contributed by atoms with Crippen molar-refractivity contribution in [2.45, 2.75) is 32.9 Å². The summed E-state index contributed by atoms with van der Waals surface area (Å²) in [6.45, 7) is 1.43. The Morgan fingerprint density at radius 1 is 1.47 bits per heavy atom. The van der Waals surface area contributed by atoms with Crippen LogP contribution in [0.1, 0.15) is 19.8 Å². The molecule has 1 heterocycles. The highest BCUT2D eigenvalue weighted by molar-refractivity contribution is 5.82. The fourth-order valence-corrected chi connectivity index (χ4v) is 1.82. The quantitative estimate of drug-likeness (QED) is 0.548. The van der Waals surface area contributed by atoms with Crippen molar-refractivity contribution in [3.63, 3.8) is 0 Å². The minimum absolute atomic E-state index is 0.111. The number of carbonyl (C=O) groups is 1. The highest BCUT2D eigenvalue weighted by Crippen LogP contribution is 2.29. The number of Topliss-reactive ketones (excluding diaryl/α,β-unsaturated/α-hetero) is 1. The van der Waals surface area contributed by atoms with Gasteiger partial charge in [0.15, 0.2) is 5.78 Å². The lowest BCUT2D eigenvalue weighted by atomic mass is 10.2. The predicted molar refractivity (Wildman–Crippen MR) is 65.0 cm³/mol. The van der Waals surface area contributed by atoms with E-state index in [1.807, 2.05) is 0 Å². The molecule has 0 unspecified atom stereocenters. The molecule has 0 radical (unpaired) electrons. The van der Waals surface area contributed by atoms with Gasteiger partial charge in [0.2, 0.25) is 0 Å². The first-order chi connectivity index (χ1) is 8.95. The average Bonchev–Trinajstić information content (AvgIpc) is 3.18. The number of nitro groups is 1. The van der Waals surface area contributed by atoms with Gasteiger partial charge < -0.3 is 0 Å². The Morgan fingerprint density at radius 3 is 2.58 bits per heavy atom. The topological polar surface area (TPSA) is 104 Å². The summed E-state index contributed by atoms with van der Waals surface area (Å²) in [4.78, 5) is 45.4. The second-order valence-corrected chi connectivity index (χ2v) is 4.47. The number of nitrogens with zero attached hydrogens (tertiary/aromatic N) is 3. The van der Waals surface area contributed by atoms with E-state index in [1.54, 1.807) is 6.92 Å². The van der Waals surface area contributed by atoms with Gasteiger partial charge in [-0.05, 0) is 19.8 Å². The third-order valence-electron chi connectivity index (χ3n) is 3.10. The molecule has 1 aromatic rings. The van der Waals surface area contributed by atoms with Crippen molar-refractivity contribution in [3.8, 4) is 0 Å². The van der Waals surface area contributed by atoms with Crippen LogP contribution < -0.4 is 11.2 Å². The highest BCUT2D eigenvalue weighted by Gasteiger charge is 2.31. The summed E-state index contributed by atoms with van der Waals surface area (Å²) < 4.78 is 1.71. The minimum Gasteiger partial charge on any atom is -0.297 e. The summed E-state index contributed by atoms with van der Waals surface area (Å²) in [5.41, 5.74) is -2.40. The van der Waals surface area contributed by atoms with Crippen LogP contribution in [-0.2, 0) is 17.9 Å². The molecule has 0 aromatic carbocycles. The second kappa shape index (κ2) is 4.79. The van der Waals surface area contributed by atoms with E-state index >= 15 is 0 Å². The normalized spacial score (nSPS) is 14.4. The van der Waals surface area contributed by atoms with E-state index < -0.39 is 21.9 Å². The molecule has 0 aliphatic heterocycles. The molecule has 1 aliphatic carbocycles. The maximum absolute atomic E-state index is 11.9. The first kappa shape index (κ1) is 13.2. The molecule has 1 aliphatic rings. The summed E-state index contributed by atoms with van der Waals surface area (Å²) in [6.07, 6.45) is 2.43. The zero-order chi connectivity index (χ0) is 14.2. The van der Waals surface area contributed by atoms with E-state index in [0.29, 0.717) is 4.57 Å². The Hall–Kier alpha value is -2.25. The molecule has 1 aromatic heterocycles. The monoisotopic (exact) mass is 267 g/mol. The van der Waals surface area contributed by atoms with Crippen LogP contribution in [0.3, 0.4) is 0 Å². The van der Waals surface area contributed by atoms with E-state index in [1.165, 1.54) is 0 Å². The molecule has 1 fully saturated rings. The lowest BCUT2D eigenvalue weighted by Crippen LogP contribution is -2.42. The van der Waals surface area contributed by atoms with Gasteiger partial charge in [-0.2, -0.15) is 0 Å². The number of hydrogen-bond donors (Lipinski definition) is 0. The molecule has 8 nitrogen and oxygen atoms in total. The summed E-state index contributed by atoms with van der Waals surface area (Å²) in [5.74, 6) is -0.331. The number of rotatable bonds is 5. The molecule has 19 heavy (non-hydrogen) atoms. The van der Waals surface area contributed by atoms with Crippen LogP contribution in [0.2, 0.25) is 0 Å². The standard InChI is InChI=1S/C11H13N3O5/c1-2-12-5-8(14(18)19)10(16)13(11(12)17)6-9(15)7-3-4-7/h5,7H,2-4,6H2,1H3. The molecule has 8 heteroatoms. The van der Waals surface area contributed by atoms with Gasteiger partial charge >= 0.3 is 16.9 Å². The number of ketones is 1. The summed E-state index contributed by atoms with van der Waals surface area (Å²) >= 11 is 0. The van der Waals surface area contributed by atoms with Crippen molar-refractivity contribution in [3.05, 3.63) is 37.1 Å². The van der Waals surface area contributed by atoms with Gasteiger partial charge in [-0.3, -0.25) is 24.3 Å². The third kappa shape index (κ3) is 2.47. The smallest absolute Gasteiger partial charge is 0.297 e. The van der Waals surface area contributed by atoms with Crippen LogP contribution in [-0.4, -0.2) is 19.8 Å². The molecule has 0 bridgehead atoms. The van der Waals surface area contributed by atoms with Crippen LogP contribution in [0.4, 0.5) is 5.69 Å². The Kier molecular flexibility index (Phi) is 3.32. The van der Waals surface area contributed by atoms with Crippen molar-refractivity contribution in [2.24, 2.45) is 5.92 Å². The maximum atomic E-state index is 11.9. The van der Waals surface area contributed by atoms with Crippen LogP contribution in [0.5, 0.6) is 0 Å². The molecule has 2 rings (SSSR count). The number of aryl methyl sites for hydroxylation is 1. The second-order valence-electron chi connectivity index (χ2n) is 4.47. The molecule has 102 valence electrons. The van der Waals surface area contributed by atoms with Crippen LogP contribution >= 0.6 is 0 Å². The zero-order valence-electron chi connectivity index (χ0n) is 10.4. The van der Waals surface area contributed by atoms with E-state index in [-0.39, 0.29) is 24.8 Å². The van der Waals surface area contributed by atoms with Gasteiger partial charge in [0.05, 0.1) is 17.7 Å². The fourth-order valence-electron chi connectivity index (χ4n) is 1.82. The van der Waals surface area contributed by atoms with Gasteiger partial charge in [-0.25, -0.2) is 9.36 Å². The Bertz CT molecular complexity index is 653. The molecule has 0 spiro atoms. The Morgan fingerprint density at radius 2 is 2.11 bits per heavy atom. The molecular formula is C11H13N3O5. The van der Waals surface area contributed by atoms with Crippen molar-refractivity contribution < 1.29 is 9.72 Å². The third-order valence-corrected chi connectivity index (χ3v) is 3.10. The Labute approximate surface area is 107 Å². The molecule has 0 atom stereocenters. The molecular weight excluding hydrogens is 254 g/mol. The lowest BCUT2D eigenvalue weighted by molar-refractivity contribution is -0.387. The SMILES string of the molecule is CCn1cc([N+](=O)[O-])c(=O)n(CC(=O)C2CC2)c1=O. The van der Waals surface area contributed by atoms with E-state index in [2.05, 4.69) is 0 Å². The average molecular weight is 267 g/mol. The number of hydrogen-bond acceptors (Lipinski definition) is 5. The molecule has 1 saturated carbocycles. The molecule has 0 saturated heterocycles. The van der Waals surface area contributed by atoms with E-state index in [9.17, 15) is 24.5 Å². The predicted octanol–water partition coefficient (Wildman–Crippen LogP) is -0.0828. The van der Waals surface area contributed by atoms with Gasteiger partial charge in [0.25, 0.3) is 0 Å². The van der Waals surface area contributed by atoms with Gasteiger partial charge in [0, 0.05) is 12.5 Å². The summed E-state index contributed by atoms with van der Waals surface area (Å²) in [7, 11) is 0. The molecule has 0 N–H and O–H groups in total.